The van der Waals surface area contributed by atoms with E-state index >= 15 is 0 Å². The third-order valence-electron chi connectivity index (χ3n) is 9.00. The molecule has 46 heavy (non-hydrogen) atoms. The van der Waals surface area contributed by atoms with Crippen molar-refractivity contribution in [2.24, 2.45) is 0 Å². The standard InChI is InChI=1S/C33H51N7O5Si/c1-33(2,3)45-32(41)38-11-9-36(10-12-38)26-20-39(21-26)25-7-8-29-28(19-25)40(24-43-17-18-46(4,5)6)31-27(22-44-29)30(34-23-35-31)37-13-15-42-16-14-37/h7-8,19,23,26H,9-18,20-22,24H2,1-6H3. The number of amides is 1. The normalized spacial score (nSPS) is 19.6. The molecule has 2 aromatic rings. The summed E-state index contributed by atoms with van der Waals surface area (Å²) in [6.07, 6.45) is 1.45. The van der Waals surface area contributed by atoms with Crippen LogP contribution in [0.5, 0.6) is 5.75 Å². The summed E-state index contributed by atoms with van der Waals surface area (Å²) in [5.41, 5.74) is 2.62. The number of hydrogen-bond acceptors (Lipinski definition) is 11. The van der Waals surface area contributed by atoms with E-state index in [2.05, 4.69) is 57.4 Å². The number of rotatable bonds is 8. The van der Waals surface area contributed by atoms with Gasteiger partial charge in [0.25, 0.3) is 0 Å². The Labute approximate surface area is 274 Å². The van der Waals surface area contributed by atoms with Gasteiger partial charge in [0.1, 0.15) is 42.7 Å². The van der Waals surface area contributed by atoms with Gasteiger partial charge in [-0.3, -0.25) is 9.80 Å². The van der Waals surface area contributed by atoms with Gasteiger partial charge in [-0.2, -0.15) is 0 Å². The maximum atomic E-state index is 12.5. The molecule has 4 aliphatic rings. The topological polar surface area (TPSA) is 96.0 Å². The summed E-state index contributed by atoms with van der Waals surface area (Å²) in [4.78, 5) is 33.2. The maximum Gasteiger partial charge on any atom is 0.410 e. The molecule has 4 aliphatic heterocycles. The van der Waals surface area contributed by atoms with Crippen LogP contribution < -0.4 is 19.4 Å². The van der Waals surface area contributed by atoms with E-state index in [1.54, 1.807) is 6.33 Å². The molecule has 6 rings (SSSR count). The molecular weight excluding hydrogens is 602 g/mol. The number of fused-ring (bicyclic) bond motifs is 2. The fourth-order valence-corrected chi connectivity index (χ4v) is 7.02. The molecule has 0 atom stereocenters. The molecule has 3 saturated heterocycles. The number of benzene rings is 1. The van der Waals surface area contributed by atoms with Crippen molar-refractivity contribution in [3.63, 3.8) is 0 Å². The molecular formula is C33H51N7O5Si. The molecule has 0 N–H and O–H groups in total. The Morgan fingerprint density at radius 1 is 0.978 bits per heavy atom. The monoisotopic (exact) mass is 653 g/mol. The van der Waals surface area contributed by atoms with Crippen LogP contribution in [0.25, 0.3) is 0 Å². The smallest absolute Gasteiger partial charge is 0.410 e. The number of aromatic nitrogens is 2. The van der Waals surface area contributed by atoms with Gasteiger partial charge in [-0.1, -0.05) is 19.6 Å². The Hall–Kier alpha value is -3.13. The Bertz CT molecular complexity index is 1360. The Balaban J connectivity index is 1.16. The third kappa shape index (κ3) is 7.70. The van der Waals surface area contributed by atoms with E-state index in [4.69, 9.17) is 28.9 Å². The van der Waals surface area contributed by atoms with Crippen LogP contribution in [0.2, 0.25) is 25.7 Å². The summed E-state index contributed by atoms with van der Waals surface area (Å²) < 4.78 is 24.0. The first-order valence-corrected chi connectivity index (χ1v) is 20.4. The molecule has 12 nitrogen and oxygen atoms in total. The van der Waals surface area contributed by atoms with Gasteiger partial charge in [-0.05, 0) is 45.0 Å². The van der Waals surface area contributed by atoms with Crippen molar-refractivity contribution in [3.8, 4) is 5.75 Å². The van der Waals surface area contributed by atoms with Gasteiger partial charge in [-0.15, -0.1) is 0 Å². The van der Waals surface area contributed by atoms with Crippen molar-refractivity contribution in [1.29, 1.82) is 0 Å². The van der Waals surface area contributed by atoms with Crippen molar-refractivity contribution >= 4 is 37.2 Å². The average molecular weight is 654 g/mol. The molecule has 5 heterocycles. The number of piperazine rings is 1. The molecule has 13 heteroatoms. The van der Waals surface area contributed by atoms with Crippen LogP contribution in [0.3, 0.4) is 0 Å². The van der Waals surface area contributed by atoms with Crippen molar-refractivity contribution in [2.45, 2.75) is 64.7 Å². The van der Waals surface area contributed by atoms with Gasteiger partial charge in [-0.25, -0.2) is 14.8 Å². The SMILES string of the molecule is CC(C)(C)OC(=O)N1CCN(C2CN(c3ccc4c(c3)N(COCC[Si](C)(C)C)c3ncnc(N5CCOCC5)c3CO4)C2)CC1. The first-order valence-electron chi connectivity index (χ1n) is 16.7. The van der Waals surface area contributed by atoms with Crippen LogP contribution in [-0.4, -0.2) is 124 Å². The lowest BCUT2D eigenvalue weighted by Gasteiger charge is -2.49. The molecule has 0 unspecified atom stereocenters. The Morgan fingerprint density at radius 2 is 1.70 bits per heavy atom. The number of carbonyl (C=O) groups excluding carboxylic acids is 1. The third-order valence-corrected chi connectivity index (χ3v) is 10.7. The van der Waals surface area contributed by atoms with Crippen LogP contribution in [0, 0.1) is 0 Å². The zero-order chi connectivity index (χ0) is 32.5. The molecule has 0 bridgehead atoms. The summed E-state index contributed by atoms with van der Waals surface area (Å²) in [6.45, 7) is 22.3. The van der Waals surface area contributed by atoms with Crippen LogP contribution >= 0.6 is 0 Å². The highest BCUT2D eigenvalue weighted by atomic mass is 28.3. The van der Waals surface area contributed by atoms with E-state index in [-0.39, 0.29) is 6.09 Å². The molecule has 1 aromatic heterocycles. The van der Waals surface area contributed by atoms with E-state index in [1.165, 1.54) is 0 Å². The van der Waals surface area contributed by atoms with E-state index < -0.39 is 13.7 Å². The highest BCUT2D eigenvalue weighted by molar-refractivity contribution is 6.76. The lowest BCUT2D eigenvalue weighted by Crippen LogP contribution is -2.63. The van der Waals surface area contributed by atoms with Crippen LogP contribution in [0.4, 0.5) is 27.8 Å². The fourth-order valence-electron chi connectivity index (χ4n) is 6.26. The zero-order valence-electron chi connectivity index (χ0n) is 28.5. The van der Waals surface area contributed by atoms with E-state index in [9.17, 15) is 4.79 Å². The van der Waals surface area contributed by atoms with Crippen LogP contribution in [0.1, 0.15) is 26.3 Å². The van der Waals surface area contributed by atoms with E-state index in [0.29, 0.717) is 52.3 Å². The lowest BCUT2D eigenvalue weighted by atomic mass is 10.0. The van der Waals surface area contributed by atoms with Crippen molar-refractivity contribution in [3.05, 3.63) is 30.1 Å². The van der Waals surface area contributed by atoms with Crippen LogP contribution in [0.15, 0.2) is 24.5 Å². The first-order chi connectivity index (χ1) is 21.9. The van der Waals surface area contributed by atoms with Crippen molar-refractivity contribution < 1.29 is 23.7 Å². The average Bonchev–Trinajstić information content (AvgIpc) is 3.14. The largest absolute Gasteiger partial charge is 0.486 e. The molecule has 1 aromatic carbocycles. The minimum atomic E-state index is -1.24. The summed E-state index contributed by atoms with van der Waals surface area (Å²) >= 11 is 0. The fraction of sp³-hybridized carbons (Fsp3) is 0.667. The number of carbonyl (C=O) groups is 1. The predicted molar refractivity (Wildman–Crippen MR) is 182 cm³/mol. The molecule has 0 spiro atoms. The second-order valence-corrected chi connectivity index (χ2v) is 20.5. The van der Waals surface area contributed by atoms with Gasteiger partial charge in [0.15, 0.2) is 0 Å². The Kier molecular flexibility index (Phi) is 9.65. The lowest BCUT2D eigenvalue weighted by molar-refractivity contribution is 0.00876. The van der Waals surface area contributed by atoms with Gasteiger partial charge in [0, 0.05) is 78.8 Å². The molecule has 0 saturated carbocycles. The zero-order valence-corrected chi connectivity index (χ0v) is 29.5. The highest BCUT2D eigenvalue weighted by Crippen LogP contribution is 2.43. The van der Waals surface area contributed by atoms with Crippen molar-refractivity contribution in [2.75, 3.05) is 93.6 Å². The minimum absolute atomic E-state index is 0.215. The first kappa shape index (κ1) is 32.8. The van der Waals surface area contributed by atoms with Crippen molar-refractivity contribution in [1.82, 2.24) is 19.8 Å². The van der Waals surface area contributed by atoms with Crippen LogP contribution in [-0.2, 0) is 20.8 Å². The summed E-state index contributed by atoms with van der Waals surface area (Å²) in [6, 6.07) is 8.02. The predicted octanol–water partition coefficient (Wildman–Crippen LogP) is 4.40. The second-order valence-electron chi connectivity index (χ2n) is 14.9. The highest BCUT2D eigenvalue weighted by Gasteiger charge is 2.36. The van der Waals surface area contributed by atoms with E-state index in [0.717, 1.165) is 79.6 Å². The molecule has 1 amide bonds. The van der Waals surface area contributed by atoms with Gasteiger partial charge < -0.3 is 33.6 Å². The van der Waals surface area contributed by atoms with Gasteiger partial charge in [0.05, 0.1) is 24.5 Å². The maximum absolute atomic E-state index is 12.5. The number of morpholine rings is 1. The quantitative estimate of drug-likeness (QED) is 0.300. The number of ether oxygens (including phenoxy) is 4. The van der Waals surface area contributed by atoms with E-state index in [1.807, 2.05) is 25.7 Å². The summed E-state index contributed by atoms with van der Waals surface area (Å²) in [5.74, 6) is 2.56. The molecule has 252 valence electrons. The molecule has 0 aliphatic carbocycles. The van der Waals surface area contributed by atoms with Gasteiger partial charge >= 0.3 is 6.09 Å². The molecule has 3 fully saturated rings. The number of anilines is 4. The minimum Gasteiger partial charge on any atom is -0.486 e. The number of hydrogen-bond donors (Lipinski definition) is 0. The van der Waals surface area contributed by atoms with Gasteiger partial charge in [0.2, 0.25) is 0 Å². The Morgan fingerprint density at radius 3 is 2.39 bits per heavy atom. The summed E-state index contributed by atoms with van der Waals surface area (Å²) in [5, 5.41) is 0. The molecule has 0 radical (unpaired) electrons. The summed E-state index contributed by atoms with van der Waals surface area (Å²) in [7, 11) is -1.24. The number of nitrogens with zero attached hydrogens (tertiary/aromatic N) is 7. The second kappa shape index (κ2) is 13.5.